The van der Waals surface area contributed by atoms with Crippen LogP contribution in [-0.2, 0) is 6.42 Å². The SMILES string of the molecule is CCc1nccc(-c2cccnc2Oc2cc(C(=O)NCCO)ccc2C)n1. The highest BCUT2D eigenvalue weighted by molar-refractivity contribution is 5.94. The van der Waals surface area contributed by atoms with Gasteiger partial charge in [0.2, 0.25) is 5.88 Å². The Morgan fingerprint density at radius 3 is 2.82 bits per heavy atom. The van der Waals surface area contributed by atoms with Gasteiger partial charge in [0.25, 0.3) is 5.91 Å². The Labute approximate surface area is 163 Å². The second-order valence-corrected chi connectivity index (χ2v) is 6.13. The van der Waals surface area contributed by atoms with Crippen molar-refractivity contribution in [1.82, 2.24) is 20.3 Å². The number of hydrogen-bond acceptors (Lipinski definition) is 6. The van der Waals surface area contributed by atoms with Crippen LogP contribution < -0.4 is 10.1 Å². The van der Waals surface area contributed by atoms with E-state index in [1.165, 1.54) is 0 Å². The number of pyridine rings is 1. The van der Waals surface area contributed by atoms with E-state index >= 15 is 0 Å². The van der Waals surface area contributed by atoms with Crippen molar-refractivity contribution in [2.75, 3.05) is 13.2 Å². The van der Waals surface area contributed by atoms with Crippen molar-refractivity contribution in [3.05, 3.63) is 65.7 Å². The molecule has 0 unspecified atom stereocenters. The molecule has 0 saturated carbocycles. The summed E-state index contributed by atoms with van der Waals surface area (Å²) in [5.74, 6) is 1.40. The molecular formula is C21H22N4O3. The van der Waals surface area contributed by atoms with Crippen LogP contribution in [0.1, 0.15) is 28.7 Å². The normalized spacial score (nSPS) is 10.5. The van der Waals surface area contributed by atoms with Crippen LogP contribution in [0.2, 0.25) is 0 Å². The van der Waals surface area contributed by atoms with Gasteiger partial charge in [-0.15, -0.1) is 0 Å². The van der Waals surface area contributed by atoms with Crippen LogP contribution in [0.25, 0.3) is 11.3 Å². The maximum Gasteiger partial charge on any atom is 0.251 e. The van der Waals surface area contributed by atoms with E-state index < -0.39 is 0 Å². The zero-order chi connectivity index (χ0) is 19.9. The third kappa shape index (κ3) is 4.50. The summed E-state index contributed by atoms with van der Waals surface area (Å²) >= 11 is 0. The van der Waals surface area contributed by atoms with Crippen LogP contribution in [-0.4, -0.2) is 39.1 Å². The largest absolute Gasteiger partial charge is 0.438 e. The molecule has 7 heteroatoms. The van der Waals surface area contributed by atoms with E-state index in [0.29, 0.717) is 17.2 Å². The number of aliphatic hydroxyl groups excluding tert-OH is 1. The number of nitrogens with one attached hydrogen (secondary N) is 1. The smallest absolute Gasteiger partial charge is 0.251 e. The summed E-state index contributed by atoms with van der Waals surface area (Å²) in [4.78, 5) is 25.3. The van der Waals surface area contributed by atoms with Crippen molar-refractivity contribution in [2.45, 2.75) is 20.3 Å². The fraction of sp³-hybridized carbons (Fsp3) is 0.238. The molecule has 144 valence electrons. The third-order valence-electron chi connectivity index (χ3n) is 4.12. The molecule has 0 aliphatic carbocycles. The van der Waals surface area contributed by atoms with Gasteiger partial charge < -0.3 is 15.2 Å². The average molecular weight is 378 g/mol. The molecule has 0 saturated heterocycles. The minimum absolute atomic E-state index is 0.114. The topological polar surface area (TPSA) is 97.2 Å². The molecule has 0 aliphatic rings. The van der Waals surface area contributed by atoms with Crippen LogP contribution in [0.5, 0.6) is 11.6 Å². The van der Waals surface area contributed by atoms with Gasteiger partial charge in [0, 0.05) is 30.9 Å². The lowest BCUT2D eigenvalue weighted by Gasteiger charge is -2.13. The van der Waals surface area contributed by atoms with E-state index in [0.717, 1.165) is 29.1 Å². The molecule has 0 spiro atoms. The number of aryl methyl sites for hydroxylation is 2. The maximum absolute atomic E-state index is 12.2. The Hall–Kier alpha value is -3.32. The van der Waals surface area contributed by atoms with E-state index in [4.69, 9.17) is 9.84 Å². The van der Waals surface area contributed by atoms with Gasteiger partial charge in [-0.1, -0.05) is 13.0 Å². The number of carbonyl (C=O) groups is 1. The number of ether oxygens (including phenoxy) is 1. The fourth-order valence-electron chi connectivity index (χ4n) is 2.61. The molecular weight excluding hydrogens is 356 g/mol. The van der Waals surface area contributed by atoms with E-state index in [2.05, 4.69) is 20.3 Å². The van der Waals surface area contributed by atoms with Gasteiger partial charge in [-0.25, -0.2) is 15.0 Å². The van der Waals surface area contributed by atoms with Crippen molar-refractivity contribution in [3.63, 3.8) is 0 Å². The van der Waals surface area contributed by atoms with Crippen LogP contribution in [0.3, 0.4) is 0 Å². The molecule has 2 heterocycles. The molecule has 0 atom stereocenters. The molecule has 2 aromatic heterocycles. The Bertz CT molecular complexity index is 975. The summed E-state index contributed by atoms with van der Waals surface area (Å²) in [5.41, 5.74) is 2.78. The minimum Gasteiger partial charge on any atom is -0.438 e. The van der Waals surface area contributed by atoms with Gasteiger partial charge in [-0.2, -0.15) is 0 Å². The lowest BCUT2D eigenvalue weighted by Crippen LogP contribution is -2.26. The molecule has 3 aromatic rings. The monoisotopic (exact) mass is 378 g/mol. The highest BCUT2D eigenvalue weighted by Gasteiger charge is 2.14. The molecule has 0 radical (unpaired) electrons. The van der Waals surface area contributed by atoms with E-state index in [-0.39, 0.29) is 19.1 Å². The number of rotatable bonds is 7. The second-order valence-electron chi connectivity index (χ2n) is 6.13. The van der Waals surface area contributed by atoms with Gasteiger partial charge in [-0.05, 0) is 42.8 Å². The third-order valence-corrected chi connectivity index (χ3v) is 4.12. The average Bonchev–Trinajstić information content (AvgIpc) is 2.74. The molecule has 1 amide bonds. The van der Waals surface area contributed by atoms with Crippen molar-refractivity contribution in [2.24, 2.45) is 0 Å². The van der Waals surface area contributed by atoms with Crippen molar-refractivity contribution < 1.29 is 14.6 Å². The minimum atomic E-state index is -0.275. The van der Waals surface area contributed by atoms with Gasteiger partial charge >= 0.3 is 0 Å². The van der Waals surface area contributed by atoms with Gasteiger partial charge in [0.1, 0.15) is 11.6 Å². The van der Waals surface area contributed by atoms with E-state index in [1.807, 2.05) is 38.1 Å². The quantitative estimate of drug-likeness (QED) is 0.656. The lowest BCUT2D eigenvalue weighted by molar-refractivity contribution is 0.0944. The Balaban J connectivity index is 1.93. The van der Waals surface area contributed by atoms with E-state index in [9.17, 15) is 4.79 Å². The fourth-order valence-corrected chi connectivity index (χ4v) is 2.61. The first-order chi connectivity index (χ1) is 13.6. The van der Waals surface area contributed by atoms with Crippen LogP contribution in [0.4, 0.5) is 0 Å². The van der Waals surface area contributed by atoms with Crippen LogP contribution in [0.15, 0.2) is 48.8 Å². The van der Waals surface area contributed by atoms with Crippen molar-refractivity contribution in [1.29, 1.82) is 0 Å². The number of hydrogen-bond donors (Lipinski definition) is 2. The van der Waals surface area contributed by atoms with Crippen molar-refractivity contribution in [3.8, 4) is 22.9 Å². The Morgan fingerprint density at radius 1 is 1.18 bits per heavy atom. The first-order valence-corrected chi connectivity index (χ1v) is 9.07. The first kappa shape index (κ1) is 19.4. The standard InChI is InChI=1S/C21H22N4O3/c1-3-19-22-10-8-17(25-19)16-5-4-9-24-21(16)28-18-13-15(7-6-14(18)2)20(27)23-11-12-26/h4-10,13,26H,3,11-12H2,1-2H3,(H,23,27). The zero-order valence-electron chi connectivity index (χ0n) is 15.8. The molecule has 7 nitrogen and oxygen atoms in total. The summed E-state index contributed by atoms with van der Waals surface area (Å²) in [6, 6.07) is 10.7. The molecule has 2 N–H and O–H groups in total. The predicted octanol–water partition coefficient (Wildman–Crippen LogP) is 2.92. The van der Waals surface area contributed by atoms with Gasteiger partial charge in [0.15, 0.2) is 0 Å². The predicted molar refractivity (Wildman–Crippen MR) is 105 cm³/mol. The number of nitrogens with zero attached hydrogens (tertiary/aromatic N) is 3. The molecule has 0 aliphatic heterocycles. The molecule has 28 heavy (non-hydrogen) atoms. The van der Waals surface area contributed by atoms with Crippen LogP contribution >= 0.6 is 0 Å². The first-order valence-electron chi connectivity index (χ1n) is 9.07. The molecule has 0 fully saturated rings. The summed E-state index contributed by atoms with van der Waals surface area (Å²) in [5, 5.41) is 11.5. The number of aromatic nitrogens is 3. The number of carbonyl (C=O) groups excluding carboxylic acids is 1. The summed E-state index contributed by atoms with van der Waals surface area (Å²) < 4.78 is 6.06. The Kier molecular flexibility index (Phi) is 6.29. The number of benzene rings is 1. The van der Waals surface area contributed by atoms with Crippen LogP contribution in [0, 0.1) is 6.92 Å². The number of aliphatic hydroxyl groups is 1. The molecule has 3 rings (SSSR count). The number of amides is 1. The van der Waals surface area contributed by atoms with Gasteiger partial charge in [0.05, 0.1) is 17.9 Å². The summed E-state index contributed by atoms with van der Waals surface area (Å²) in [6.45, 7) is 3.97. The Morgan fingerprint density at radius 2 is 2.04 bits per heavy atom. The highest BCUT2D eigenvalue weighted by Crippen LogP contribution is 2.32. The highest BCUT2D eigenvalue weighted by atomic mass is 16.5. The second kappa shape index (κ2) is 9.05. The molecule has 1 aromatic carbocycles. The zero-order valence-corrected chi connectivity index (χ0v) is 15.8. The summed E-state index contributed by atoms with van der Waals surface area (Å²) in [6.07, 6.45) is 4.09. The lowest BCUT2D eigenvalue weighted by atomic mass is 10.1. The summed E-state index contributed by atoms with van der Waals surface area (Å²) in [7, 11) is 0. The van der Waals surface area contributed by atoms with Gasteiger partial charge in [-0.3, -0.25) is 4.79 Å². The van der Waals surface area contributed by atoms with E-state index in [1.54, 1.807) is 24.5 Å². The molecule has 0 bridgehead atoms. The van der Waals surface area contributed by atoms with Crippen molar-refractivity contribution >= 4 is 5.91 Å². The maximum atomic E-state index is 12.2.